The van der Waals surface area contributed by atoms with Crippen LogP contribution in [0, 0.1) is 0 Å². The minimum atomic E-state index is -0.443. The lowest BCUT2D eigenvalue weighted by Crippen LogP contribution is -2.41. The van der Waals surface area contributed by atoms with Gasteiger partial charge in [0.25, 0.3) is 11.8 Å². The number of benzene rings is 1. The molecule has 0 aliphatic carbocycles. The third-order valence-corrected chi connectivity index (χ3v) is 3.95. The maximum Gasteiger partial charge on any atom is 0.279 e. The number of hydrogen-bond acceptors (Lipinski definition) is 4. The Kier molecular flexibility index (Phi) is 5.57. The van der Waals surface area contributed by atoms with Gasteiger partial charge in [-0.2, -0.15) is 0 Å². The second kappa shape index (κ2) is 7.42. The van der Waals surface area contributed by atoms with Crippen LogP contribution in [0.5, 0.6) is 5.75 Å². The smallest absolute Gasteiger partial charge is 0.279 e. The van der Waals surface area contributed by atoms with E-state index in [0.717, 1.165) is 4.47 Å². The first-order chi connectivity index (χ1) is 10.5. The van der Waals surface area contributed by atoms with Gasteiger partial charge >= 0.3 is 0 Å². The quantitative estimate of drug-likeness (QED) is 0.796. The third kappa shape index (κ3) is 4.32. The van der Waals surface area contributed by atoms with E-state index in [1.165, 1.54) is 11.3 Å². The number of amides is 2. The van der Waals surface area contributed by atoms with Crippen molar-refractivity contribution in [3.8, 4) is 5.75 Å². The molecule has 22 heavy (non-hydrogen) atoms. The summed E-state index contributed by atoms with van der Waals surface area (Å²) >= 11 is 4.62. The number of halogens is 1. The van der Waals surface area contributed by atoms with E-state index in [1.54, 1.807) is 35.7 Å². The van der Waals surface area contributed by atoms with Crippen molar-refractivity contribution in [3.63, 3.8) is 0 Å². The average Bonchev–Trinajstić information content (AvgIpc) is 3.00. The van der Waals surface area contributed by atoms with Gasteiger partial charge in [-0.1, -0.05) is 22.0 Å². The minimum Gasteiger partial charge on any atom is -0.490 e. The van der Waals surface area contributed by atoms with Crippen molar-refractivity contribution in [2.45, 2.75) is 20.0 Å². The summed E-state index contributed by atoms with van der Waals surface area (Å²) in [4.78, 5) is 24.6. The molecule has 1 aromatic carbocycles. The Hall–Kier alpha value is -1.86. The zero-order chi connectivity index (χ0) is 16.1. The Morgan fingerprint density at radius 2 is 1.91 bits per heavy atom. The lowest BCUT2D eigenvalue weighted by molar-refractivity contribution is 0.0845. The molecule has 0 unspecified atom stereocenters. The van der Waals surface area contributed by atoms with E-state index in [4.69, 9.17) is 4.74 Å². The van der Waals surface area contributed by atoms with Crippen molar-refractivity contribution >= 4 is 39.1 Å². The summed E-state index contributed by atoms with van der Waals surface area (Å²) in [5.41, 5.74) is 5.12. The van der Waals surface area contributed by atoms with Crippen LogP contribution in [-0.2, 0) is 0 Å². The number of carbonyl (C=O) groups excluding carboxylic acids is 2. The number of thiophene rings is 1. The monoisotopic (exact) mass is 382 g/mol. The van der Waals surface area contributed by atoms with E-state index < -0.39 is 5.91 Å². The van der Waals surface area contributed by atoms with Crippen molar-refractivity contribution in [3.05, 3.63) is 50.6 Å². The molecule has 1 heterocycles. The number of rotatable bonds is 4. The molecular formula is C15H15BrN2O3S. The highest BCUT2D eigenvalue weighted by Crippen LogP contribution is 2.24. The van der Waals surface area contributed by atoms with Crippen LogP contribution < -0.4 is 15.6 Å². The molecule has 0 fully saturated rings. The summed E-state index contributed by atoms with van der Waals surface area (Å²) in [6.07, 6.45) is -0.0616. The molecule has 0 spiro atoms. The van der Waals surface area contributed by atoms with Gasteiger partial charge in [0, 0.05) is 4.47 Å². The van der Waals surface area contributed by atoms with Crippen molar-refractivity contribution < 1.29 is 14.3 Å². The molecule has 0 aliphatic rings. The van der Waals surface area contributed by atoms with E-state index in [1.807, 2.05) is 13.8 Å². The molecule has 0 atom stereocenters. The molecule has 2 aromatic rings. The highest BCUT2D eigenvalue weighted by atomic mass is 79.9. The maximum absolute atomic E-state index is 12.2. The number of carbonyl (C=O) groups is 2. The number of hydrogen-bond donors (Lipinski definition) is 2. The van der Waals surface area contributed by atoms with Crippen LogP contribution in [0.3, 0.4) is 0 Å². The molecule has 0 bridgehead atoms. The van der Waals surface area contributed by atoms with E-state index in [9.17, 15) is 9.59 Å². The highest BCUT2D eigenvalue weighted by Gasteiger charge is 2.15. The fourth-order valence-corrected chi connectivity index (χ4v) is 2.67. The molecule has 7 heteroatoms. The zero-order valence-electron chi connectivity index (χ0n) is 12.1. The van der Waals surface area contributed by atoms with Crippen molar-refractivity contribution in [1.29, 1.82) is 0 Å². The normalized spacial score (nSPS) is 10.4. The molecule has 2 rings (SSSR count). The van der Waals surface area contributed by atoms with Gasteiger partial charge in [-0.3, -0.25) is 20.4 Å². The first-order valence-electron chi connectivity index (χ1n) is 6.57. The molecule has 2 amide bonds. The van der Waals surface area contributed by atoms with Gasteiger partial charge < -0.3 is 4.74 Å². The van der Waals surface area contributed by atoms with Crippen molar-refractivity contribution in [2.75, 3.05) is 0 Å². The van der Waals surface area contributed by atoms with Gasteiger partial charge in [0.05, 0.1) is 16.5 Å². The molecule has 116 valence electrons. The summed E-state index contributed by atoms with van der Waals surface area (Å²) < 4.78 is 6.36. The van der Waals surface area contributed by atoms with E-state index in [0.29, 0.717) is 16.2 Å². The summed E-state index contributed by atoms with van der Waals surface area (Å²) in [5, 5.41) is 1.79. The van der Waals surface area contributed by atoms with E-state index in [-0.39, 0.29) is 12.0 Å². The van der Waals surface area contributed by atoms with Crippen LogP contribution in [-0.4, -0.2) is 17.9 Å². The van der Waals surface area contributed by atoms with Gasteiger partial charge in [-0.15, -0.1) is 11.3 Å². The molecule has 1 aromatic heterocycles. The second-order valence-corrected chi connectivity index (χ2v) is 6.56. The Labute approximate surface area is 140 Å². The number of hydrazine groups is 1. The molecule has 0 saturated heterocycles. The van der Waals surface area contributed by atoms with E-state index in [2.05, 4.69) is 26.8 Å². The Morgan fingerprint density at radius 1 is 1.18 bits per heavy atom. The lowest BCUT2D eigenvalue weighted by atomic mass is 10.2. The Morgan fingerprint density at radius 3 is 2.55 bits per heavy atom. The topological polar surface area (TPSA) is 67.4 Å². The lowest BCUT2D eigenvalue weighted by Gasteiger charge is -2.14. The first-order valence-corrected chi connectivity index (χ1v) is 8.25. The Bertz CT molecular complexity index is 671. The summed E-state index contributed by atoms with van der Waals surface area (Å²) in [7, 11) is 0. The largest absolute Gasteiger partial charge is 0.490 e. The highest BCUT2D eigenvalue weighted by molar-refractivity contribution is 9.10. The summed E-state index contributed by atoms with van der Waals surface area (Å²) in [6.45, 7) is 3.75. The van der Waals surface area contributed by atoms with Gasteiger partial charge in [-0.25, -0.2) is 0 Å². The predicted octanol–water partition coefficient (Wildman–Crippen LogP) is 3.37. The van der Waals surface area contributed by atoms with Gasteiger partial charge in [0.15, 0.2) is 0 Å². The van der Waals surface area contributed by atoms with Gasteiger partial charge in [0.1, 0.15) is 5.75 Å². The van der Waals surface area contributed by atoms with Gasteiger partial charge in [-0.05, 0) is 43.5 Å². The standard InChI is InChI=1S/C15H15BrN2O3S/c1-9(2)21-12-6-5-10(16)8-11(12)14(19)17-18-15(20)13-4-3-7-22-13/h3-9H,1-2H3,(H,17,19)(H,18,20). The van der Waals surface area contributed by atoms with Crippen LogP contribution >= 0.6 is 27.3 Å². The fourth-order valence-electron chi connectivity index (χ4n) is 1.69. The zero-order valence-corrected chi connectivity index (χ0v) is 14.5. The predicted molar refractivity (Wildman–Crippen MR) is 89.2 cm³/mol. The maximum atomic E-state index is 12.2. The molecule has 2 N–H and O–H groups in total. The van der Waals surface area contributed by atoms with Crippen LogP contribution in [0.2, 0.25) is 0 Å². The van der Waals surface area contributed by atoms with Crippen LogP contribution in [0.25, 0.3) is 0 Å². The summed E-state index contributed by atoms with van der Waals surface area (Å²) in [5.74, 6) is -0.340. The molecule has 5 nitrogen and oxygen atoms in total. The number of ether oxygens (including phenoxy) is 1. The minimum absolute atomic E-state index is 0.0616. The average molecular weight is 383 g/mol. The SMILES string of the molecule is CC(C)Oc1ccc(Br)cc1C(=O)NNC(=O)c1cccs1. The molecule has 0 saturated carbocycles. The fraction of sp³-hybridized carbons (Fsp3) is 0.200. The second-order valence-electron chi connectivity index (χ2n) is 4.69. The van der Waals surface area contributed by atoms with Crippen LogP contribution in [0.4, 0.5) is 0 Å². The molecule has 0 radical (unpaired) electrons. The number of nitrogens with one attached hydrogen (secondary N) is 2. The van der Waals surface area contributed by atoms with Crippen molar-refractivity contribution in [1.82, 2.24) is 10.9 Å². The van der Waals surface area contributed by atoms with Crippen LogP contribution in [0.1, 0.15) is 33.9 Å². The first kappa shape index (κ1) is 16.5. The summed E-state index contributed by atoms with van der Waals surface area (Å²) in [6, 6.07) is 8.59. The van der Waals surface area contributed by atoms with Crippen molar-refractivity contribution in [2.24, 2.45) is 0 Å². The molecule has 0 aliphatic heterocycles. The van der Waals surface area contributed by atoms with Crippen LogP contribution in [0.15, 0.2) is 40.2 Å². The Balaban J connectivity index is 2.08. The van der Waals surface area contributed by atoms with Gasteiger partial charge in [0.2, 0.25) is 0 Å². The van der Waals surface area contributed by atoms with E-state index >= 15 is 0 Å². The third-order valence-electron chi connectivity index (χ3n) is 2.58. The molecular weight excluding hydrogens is 368 g/mol.